The zero-order chi connectivity index (χ0) is 16.1. The number of hydrogen-bond acceptors (Lipinski definition) is 3. The molecule has 2 aromatic rings. The summed E-state index contributed by atoms with van der Waals surface area (Å²) >= 11 is 0. The lowest BCUT2D eigenvalue weighted by molar-refractivity contribution is -0.0498. The SMILES string of the molecule is OC(COc1cc(F)ccc1F)c1ccc(OC(F)F)cc1. The molecule has 0 aliphatic heterocycles. The second-order valence-corrected chi connectivity index (χ2v) is 4.35. The van der Waals surface area contributed by atoms with E-state index in [1.54, 1.807) is 0 Å². The number of halogens is 4. The molecule has 0 radical (unpaired) electrons. The molecule has 0 saturated carbocycles. The maximum atomic E-state index is 13.3. The molecule has 0 bridgehead atoms. The summed E-state index contributed by atoms with van der Waals surface area (Å²) in [5.41, 5.74) is 0.360. The van der Waals surface area contributed by atoms with Gasteiger partial charge in [0.1, 0.15) is 24.3 Å². The molecule has 0 saturated heterocycles. The first-order chi connectivity index (χ1) is 10.5. The first kappa shape index (κ1) is 16.1. The smallest absolute Gasteiger partial charge is 0.387 e. The topological polar surface area (TPSA) is 38.7 Å². The highest BCUT2D eigenvalue weighted by molar-refractivity contribution is 5.29. The van der Waals surface area contributed by atoms with Crippen molar-refractivity contribution in [1.82, 2.24) is 0 Å². The Labute approximate surface area is 123 Å². The van der Waals surface area contributed by atoms with Gasteiger partial charge in [0, 0.05) is 6.07 Å². The summed E-state index contributed by atoms with van der Waals surface area (Å²) in [5.74, 6) is -1.80. The first-order valence-corrected chi connectivity index (χ1v) is 6.26. The van der Waals surface area contributed by atoms with Gasteiger partial charge in [0.05, 0.1) is 0 Å². The Morgan fingerprint density at radius 1 is 1.00 bits per heavy atom. The zero-order valence-electron chi connectivity index (χ0n) is 11.2. The Morgan fingerprint density at radius 3 is 2.32 bits per heavy atom. The van der Waals surface area contributed by atoms with E-state index in [2.05, 4.69) is 4.74 Å². The van der Waals surface area contributed by atoms with Gasteiger partial charge in [-0.05, 0) is 29.8 Å². The molecule has 0 spiro atoms. The van der Waals surface area contributed by atoms with E-state index in [4.69, 9.17) is 4.74 Å². The Hall–Kier alpha value is -2.28. The molecule has 0 aliphatic rings. The van der Waals surface area contributed by atoms with Gasteiger partial charge in [0.15, 0.2) is 11.6 Å². The minimum Gasteiger partial charge on any atom is -0.487 e. The molecule has 1 atom stereocenters. The van der Waals surface area contributed by atoms with E-state index in [1.807, 2.05) is 0 Å². The summed E-state index contributed by atoms with van der Waals surface area (Å²) in [6, 6.07) is 7.97. The van der Waals surface area contributed by atoms with Gasteiger partial charge in [-0.3, -0.25) is 0 Å². The monoisotopic (exact) mass is 316 g/mol. The van der Waals surface area contributed by atoms with Crippen molar-refractivity contribution in [2.45, 2.75) is 12.7 Å². The number of aliphatic hydroxyl groups is 1. The Balaban J connectivity index is 1.97. The van der Waals surface area contributed by atoms with Crippen LogP contribution in [0.25, 0.3) is 0 Å². The van der Waals surface area contributed by atoms with E-state index in [-0.39, 0.29) is 18.1 Å². The van der Waals surface area contributed by atoms with Gasteiger partial charge in [0.2, 0.25) is 0 Å². The molecule has 22 heavy (non-hydrogen) atoms. The molecule has 1 N–H and O–H groups in total. The fraction of sp³-hybridized carbons (Fsp3) is 0.200. The van der Waals surface area contributed by atoms with Crippen LogP contribution in [0, 0.1) is 11.6 Å². The molecule has 2 rings (SSSR count). The second-order valence-electron chi connectivity index (χ2n) is 4.35. The summed E-state index contributed by atoms with van der Waals surface area (Å²) in [7, 11) is 0. The second kappa shape index (κ2) is 7.13. The lowest BCUT2D eigenvalue weighted by Crippen LogP contribution is -2.10. The third-order valence-electron chi connectivity index (χ3n) is 2.78. The van der Waals surface area contributed by atoms with Crippen molar-refractivity contribution < 1.29 is 32.1 Å². The highest BCUT2D eigenvalue weighted by atomic mass is 19.3. The number of ether oxygens (including phenoxy) is 2. The quantitative estimate of drug-likeness (QED) is 0.826. The lowest BCUT2D eigenvalue weighted by Gasteiger charge is -2.14. The molecule has 0 fully saturated rings. The Kier molecular flexibility index (Phi) is 5.21. The van der Waals surface area contributed by atoms with Crippen molar-refractivity contribution in [3.8, 4) is 11.5 Å². The van der Waals surface area contributed by atoms with Crippen LogP contribution in [-0.2, 0) is 0 Å². The molecular weight excluding hydrogens is 304 g/mol. The molecule has 7 heteroatoms. The predicted molar refractivity (Wildman–Crippen MR) is 69.9 cm³/mol. The van der Waals surface area contributed by atoms with Crippen LogP contribution in [0.3, 0.4) is 0 Å². The predicted octanol–water partition coefficient (Wildman–Crippen LogP) is 3.68. The van der Waals surface area contributed by atoms with Gasteiger partial charge in [-0.25, -0.2) is 8.78 Å². The molecule has 0 aliphatic carbocycles. The van der Waals surface area contributed by atoms with Crippen LogP contribution in [0.1, 0.15) is 11.7 Å². The maximum Gasteiger partial charge on any atom is 0.387 e. The molecule has 1 unspecified atom stereocenters. The van der Waals surface area contributed by atoms with Crippen molar-refractivity contribution in [3.05, 3.63) is 59.7 Å². The average Bonchev–Trinajstić information content (AvgIpc) is 2.48. The maximum absolute atomic E-state index is 13.3. The lowest BCUT2D eigenvalue weighted by atomic mass is 10.1. The summed E-state index contributed by atoms with van der Waals surface area (Å²) in [5, 5.41) is 9.88. The average molecular weight is 316 g/mol. The molecule has 3 nitrogen and oxygen atoms in total. The van der Waals surface area contributed by atoms with E-state index in [1.165, 1.54) is 24.3 Å². The van der Waals surface area contributed by atoms with Crippen molar-refractivity contribution in [1.29, 1.82) is 0 Å². The highest BCUT2D eigenvalue weighted by Crippen LogP contribution is 2.22. The molecule has 2 aromatic carbocycles. The minimum atomic E-state index is -2.94. The third-order valence-corrected chi connectivity index (χ3v) is 2.78. The van der Waals surface area contributed by atoms with Crippen molar-refractivity contribution >= 4 is 0 Å². The summed E-state index contributed by atoms with van der Waals surface area (Å²) < 4.78 is 59.5. The Bertz CT molecular complexity index is 617. The normalized spacial score (nSPS) is 12.3. The molecular formula is C15H12F4O3. The summed E-state index contributed by atoms with van der Waals surface area (Å²) in [6.07, 6.45) is -1.14. The van der Waals surface area contributed by atoms with Crippen LogP contribution < -0.4 is 9.47 Å². The minimum absolute atomic E-state index is 0.0527. The van der Waals surface area contributed by atoms with E-state index >= 15 is 0 Å². The first-order valence-electron chi connectivity index (χ1n) is 6.26. The van der Waals surface area contributed by atoms with Crippen LogP contribution in [0.4, 0.5) is 17.6 Å². The van der Waals surface area contributed by atoms with Gasteiger partial charge >= 0.3 is 6.61 Å². The van der Waals surface area contributed by atoms with E-state index in [0.717, 1.165) is 18.2 Å². The largest absolute Gasteiger partial charge is 0.487 e. The fourth-order valence-corrected chi connectivity index (χ4v) is 1.72. The highest BCUT2D eigenvalue weighted by Gasteiger charge is 2.12. The Morgan fingerprint density at radius 2 is 1.68 bits per heavy atom. The summed E-state index contributed by atoms with van der Waals surface area (Å²) in [4.78, 5) is 0. The van der Waals surface area contributed by atoms with Crippen LogP contribution >= 0.6 is 0 Å². The van der Waals surface area contributed by atoms with E-state index in [9.17, 15) is 22.7 Å². The van der Waals surface area contributed by atoms with E-state index < -0.39 is 24.3 Å². The number of rotatable bonds is 6. The molecule has 118 valence electrons. The molecule has 0 amide bonds. The van der Waals surface area contributed by atoms with Gasteiger partial charge in [-0.15, -0.1) is 0 Å². The zero-order valence-corrected chi connectivity index (χ0v) is 11.2. The summed E-state index contributed by atoms with van der Waals surface area (Å²) in [6.45, 7) is -3.26. The number of hydrogen-bond donors (Lipinski definition) is 1. The van der Waals surface area contributed by atoms with Crippen LogP contribution in [0.5, 0.6) is 11.5 Å². The molecule has 0 aromatic heterocycles. The van der Waals surface area contributed by atoms with E-state index in [0.29, 0.717) is 5.56 Å². The fourth-order valence-electron chi connectivity index (χ4n) is 1.72. The van der Waals surface area contributed by atoms with Gasteiger partial charge in [-0.2, -0.15) is 8.78 Å². The van der Waals surface area contributed by atoms with Gasteiger partial charge in [-0.1, -0.05) is 12.1 Å². The third kappa shape index (κ3) is 4.36. The number of benzene rings is 2. The standard InChI is InChI=1S/C15H12F4O3/c16-10-3-6-12(17)14(7-10)21-8-13(20)9-1-4-11(5-2-9)22-15(18)19/h1-7,13,15,20H,8H2. The van der Waals surface area contributed by atoms with Crippen LogP contribution in [0.15, 0.2) is 42.5 Å². The number of alkyl halides is 2. The van der Waals surface area contributed by atoms with Crippen LogP contribution in [0.2, 0.25) is 0 Å². The van der Waals surface area contributed by atoms with Gasteiger partial charge < -0.3 is 14.6 Å². The van der Waals surface area contributed by atoms with Crippen LogP contribution in [-0.4, -0.2) is 18.3 Å². The van der Waals surface area contributed by atoms with Crippen molar-refractivity contribution in [2.75, 3.05) is 6.61 Å². The van der Waals surface area contributed by atoms with Crippen molar-refractivity contribution in [3.63, 3.8) is 0 Å². The van der Waals surface area contributed by atoms with Crippen molar-refractivity contribution in [2.24, 2.45) is 0 Å². The number of aliphatic hydroxyl groups excluding tert-OH is 1. The molecule has 0 heterocycles. The van der Waals surface area contributed by atoms with Gasteiger partial charge in [0.25, 0.3) is 0 Å².